The molecule has 0 aliphatic carbocycles. The van der Waals surface area contributed by atoms with Crippen LogP contribution in [0.3, 0.4) is 0 Å². The van der Waals surface area contributed by atoms with E-state index < -0.39 is 0 Å². The second kappa shape index (κ2) is 4.99. The van der Waals surface area contributed by atoms with Crippen LogP contribution in [-0.4, -0.2) is 15.0 Å². The molecule has 0 fully saturated rings. The molecule has 0 saturated heterocycles. The highest BCUT2D eigenvalue weighted by Gasteiger charge is 2.05. The largest absolute Gasteiger partial charge is 0.363 e. The third-order valence-corrected chi connectivity index (χ3v) is 4.58. The number of rotatable bonds is 4. The van der Waals surface area contributed by atoms with Crippen molar-refractivity contribution in [3.63, 3.8) is 0 Å². The average molecular weight is 276 g/mol. The van der Waals surface area contributed by atoms with Gasteiger partial charge in [-0.3, -0.25) is 0 Å². The van der Waals surface area contributed by atoms with Gasteiger partial charge in [0, 0.05) is 11.1 Å². The lowest BCUT2D eigenvalue weighted by Gasteiger charge is -2.03. The fraction of sp³-hybridized carbons (Fsp3) is 0.250. The zero-order chi connectivity index (χ0) is 12.4. The van der Waals surface area contributed by atoms with Gasteiger partial charge in [-0.2, -0.15) is 0 Å². The lowest BCUT2D eigenvalue weighted by Crippen LogP contribution is -2.01. The van der Waals surface area contributed by atoms with Crippen molar-refractivity contribution in [1.82, 2.24) is 15.0 Å². The molecule has 18 heavy (non-hydrogen) atoms. The minimum absolute atomic E-state index is 0.715. The van der Waals surface area contributed by atoms with Crippen molar-refractivity contribution >= 4 is 38.7 Å². The highest BCUT2D eigenvalue weighted by atomic mass is 32.1. The molecule has 0 amide bonds. The van der Waals surface area contributed by atoms with E-state index in [1.807, 2.05) is 17.6 Å². The molecule has 3 rings (SSSR count). The van der Waals surface area contributed by atoms with Crippen LogP contribution in [0.2, 0.25) is 0 Å². The van der Waals surface area contributed by atoms with Gasteiger partial charge >= 0.3 is 0 Å². The molecule has 0 aliphatic rings. The Morgan fingerprint density at radius 2 is 2.22 bits per heavy atom. The van der Waals surface area contributed by atoms with Gasteiger partial charge in [0.05, 0.1) is 11.9 Å². The van der Waals surface area contributed by atoms with Crippen molar-refractivity contribution in [2.75, 3.05) is 5.32 Å². The van der Waals surface area contributed by atoms with Crippen molar-refractivity contribution in [1.29, 1.82) is 0 Å². The van der Waals surface area contributed by atoms with Crippen LogP contribution in [0, 0.1) is 0 Å². The van der Waals surface area contributed by atoms with Gasteiger partial charge in [0.2, 0.25) is 0 Å². The van der Waals surface area contributed by atoms with Crippen LogP contribution in [0.1, 0.15) is 16.8 Å². The van der Waals surface area contributed by atoms with Crippen molar-refractivity contribution in [3.05, 3.63) is 33.9 Å². The Balaban J connectivity index is 1.78. The van der Waals surface area contributed by atoms with Gasteiger partial charge in [-0.1, -0.05) is 6.92 Å². The first-order valence-corrected chi connectivity index (χ1v) is 7.42. The molecule has 0 aliphatic heterocycles. The summed E-state index contributed by atoms with van der Waals surface area (Å²) in [5.41, 5.74) is 0. The molecular formula is C12H12N4S2. The molecule has 3 aromatic heterocycles. The molecule has 6 heteroatoms. The van der Waals surface area contributed by atoms with Gasteiger partial charge < -0.3 is 5.32 Å². The number of fused-ring (bicyclic) bond motifs is 1. The van der Waals surface area contributed by atoms with E-state index in [0.29, 0.717) is 6.54 Å². The Morgan fingerprint density at radius 1 is 1.28 bits per heavy atom. The molecule has 0 aromatic carbocycles. The zero-order valence-electron chi connectivity index (χ0n) is 9.88. The number of hydrogen-bond acceptors (Lipinski definition) is 6. The molecule has 0 bridgehead atoms. The molecule has 92 valence electrons. The summed E-state index contributed by atoms with van der Waals surface area (Å²) >= 11 is 3.37. The van der Waals surface area contributed by atoms with Crippen LogP contribution in [0.4, 0.5) is 5.82 Å². The van der Waals surface area contributed by atoms with Gasteiger partial charge in [0.15, 0.2) is 0 Å². The number of aryl methyl sites for hydroxylation is 1. The van der Waals surface area contributed by atoms with E-state index >= 15 is 0 Å². The minimum Gasteiger partial charge on any atom is -0.363 e. The van der Waals surface area contributed by atoms with E-state index in [4.69, 9.17) is 0 Å². The van der Waals surface area contributed by atoms with Crippen LogP contribution < -0.4 is 5.32 Å². The van der Waals surface area contributed by atoms with Gasteiger partial charge in [-0.05, 0) is 17.9 Å². The van der Waals surface area contributed by atoms with E-state index in [2.05, 4.69) is 27.2 Å². The number of nitrogens with zero attached hydrogens (tertiary/aromatic N) is 3. The zero-order valence-corrected chi connectivity index (χ0v) is 11.5. The van der Waals surface area contributed by atoms with Crippen molar-refractivity contribution in [2.24, 2.45) is 0 Å². The topological polar surface area (TPSA) is 50.7 Å². The predicted molar refractivity (Wildman–Crippen MR) is 76.2 cm³/mol. The maximum Gasteiger partial charge on any atom is 0.138 e. The van der Waals surface area contributed by atoms with E-state index in [-0.39, 0.29) is 0 Å². The van der Waals surface area contributed by atoms with Crippen LogP contribution in [0.15, 0.2) is 24.0 Å². The summed E-state index contributed by atoms with van der Waals surface area (Å²) in [4.78, 5) is 15.2. The summed E-state index contributed by atoms with van der Waals surface area (Å²) < 4.78 is 0. The van der Waals surface area contributed by atoms with E-state index in [1.165, 1.54) is 4.88 Å². The summed E-state index contributed by atoms with van der Waals surface area (Å²) in [5, 5.41) is 7.53. The Labute approximate surface area is 113 Å². The molecule has 0 radical (unpaired) electrons. The summed E-state index contributed by atoms with van der Waals surface area (Å²) in [6.07, 6.45) is 4.59. The summed E-state index contributed by atoms with van der Waals surface area (Å²) in [6, 6.07) is 2.04. The lowest BCUT2D eigenvalue weighted by atomic mass is 10.4. The molecule has 0 saturated carbocycles. The molecule has 3 aromatic rings. The monoisotopic (exact) mass is 276 g/mol. The van der Waals surface area contributed by atoms with E-state index in [0.717, 1.165) is 27.5 Å². The maximum absolute atomic E-state index is 4.39. The second-order valence-electron chi connectivity index (χ2n) is 3.79. The molecule has 0 atom stereocenters. The average Bonchev–Trinajstić information content (AvgIpc) is 3.05. The normalized spacial score (nSPS) is 10.9. The molecule has 0 spiro atoms. The number of aromatic nitrogens is 3. The van der Waals surface area contributed by atoms with Gasteiger partial charge in [0.1, 0.15) is 22.0 Å². The van der Waals surface area contributed by atoms with Gasteiger partial charge in [0.25, 0.3) is 0 Å². The fourth-order valence-electron chi connectivity index (χ4n) is 1.68. The highest BCUT2D eigenvalue weighted by Crippen LogP contribution is 2.24. The van der Waals surface area contributed by atoms with Gasteiger partial charge in [-0.15, -0.1) is 22.7 Å². The van der Waals surface area contributed by atoms with Crippen molar-refractivity contribution in [2.45, 2.75) is 19.9 Å². The number of hydrogen-bond donors (Lipinski definition) is 1. The van der Waals surface area contributed by atoms with Crippen LogP contribution in [0.5, 0.6) is 0 Å². The minimum atomic E-state index is 0.715. The third kappa shape index (κ3) is 2.21. The molecular weight excluding hydrogens is 264 g/mol. The Bertz CT molecular complexity index is 659. The predicted octanol–water partition coefficient (Wildman–Crippen LogP) is 3.32. The number of nitrogens with one attached hydrogen (secondary N) is 1. The third-order valence-electron chi connectivity index (χ3n) is 2.62. The quantitative estimate of drug-likeness (QED) is 0.794. The van der Waals surface area contributed by atoms with Gasteiger partial charge in [-0.25, -0.2) is 15.0 Å². The SMILES string of the molecule is CCc1cnc(CNc2ncnc3sccc23)s1. The number of thiazole rings is 1. The molecule has 0 unspecified atom stereocenters. The number of anilines is 1. The maximum atomic E-state index is 4.39. The summed E-state index contributed by atoms with van der Waals surface area (Å²) in [6.45, 7) is 2.86. The van der Waals surface area contributed by atoms with Crippen LogP contribution in [-0.2, 0) is 13.0 Å². The first-order chi connectivity index (χ1) is 8.86. The summed E-state index contributed by atoms with van der Waals surface area (Å²) in [7, 11) is 0. The Hall–Kier alpha value is -1.53. The molecule has 3 heterocycles. The second-order valence-corrected chi connectivity index (χ2v) is 5.88. The van der Waals surface area contributed by atoms with Crippen LogP contribution in [0.25, 0.3) is 10.2 Å². The lowest BCUT2D eigenvalue weighted by molar-refractivity contribution is 1.07. The van der Waals surface area contributed by atoms with Crippen molar-refractivity contribution in [3.8, 4) is 0 Å². The smallest absolute Gasteiger partial charge is 0.138 e. The molecule has 1 N–H and O–H groups in total. The molecule has 4 nitrogen and oxygen atoms in total. The number of thiophene rings is 1. The van der Waals surface area contributed by atoms with E-state index in [9.17, 15) is 0 Å². The first-order valence-electron chi connectivity index (χ1n) is 5.72. The van der Waals surface area contributed by atoms with E-state index in [1.54, 1.807) is 29.0 Å². The fourth-order valence-corrected chi connectivity index (χ4v) is 3.22. The van der Waals surface area contributed by atoms with Crippen molar-refractivity contribution < 1.29 is 0 Å². The summed E-state index contributed by atoms with van der Waals surface area (Å²) in [5.74, 6) is 0.884. The standard InChI is InChI=1S/C12H12N4S2/c1-2-8-5-13-10(18-8)6-14-11-9-3-4-17-12(9)16-7-15-11/h3-5,7H,2,6H2,1H3,(H,14,15,16). The van der Waals surface area contributed by atoms with Crippen LogP contribution >= 0.6 is 22.7 Å². The Kier molecular flexibility index (Phi) is 3.21. The highest BCUT2D eigenvalue weighted by molar-refractivity contribution is 7.16. The Morgan fingerprint density at radius 3 is 3.06 bits per heavy atom. The first kappa shape index (κ1) is 11.6.